The number of aliphatic hydroxyl groups is 1. The van der Waals surface area contributed by atoms with Gasteiger partial charge in [-0.15, -0.1) is 0 Å². The van der Waals surface area contributed by atoms with Crippen LogP contribution in [0.3, 0.4) is 0 Å². The summed E-state index contributed by atoms with van der Waals surface area (Å²) in [7, 11) is 0. The molecule has 5 nitrogen and oxygen atoms in total. The second-order valence-corrected chi connectivity index (χ2v) is 6.90. The molecule has 1 N–H and O–H groups in total. The summed E-state index contributed by atoms with van der Waals surface area (Å²) < 4.78 is 5.43. The lowest BCUT2D eigenvalue weighted by Gasteiger charge is -2.25. The van der Waals surface area contributed by atoms with E-state index < -0.39 is 5.60 Å². The van der Waals surface area contributed by atoms with Gasteiger partial charge in [0, 0.05) is 52.4 Å². The average molecular weight is 335 g/mol. The van der Waals surface area contributed by atoms with Gasteiger partial charge in [0.2, 0.25) is 0 Å². The third-order valence-corrected chi connectivity index (χ3v) is 5.15. The quantitative estimate of drug-likeness (QED) is 0.779. The Kier molecular flexibility index (Phi) is 3.78. The van der Waals surface area contributed by atoms with Gasteiger partial charge in [-0.05, 0) is 31.4 Å². The van der Waals surface area contributed by atoms with E-state index in [0.29, 0.717) is 13.2 Å². The van der Waals surface area contributed by atoms with Gasteiger partial charge in [-0.25, -0.2) is 0 Å². The fraction of sp³-hybridized carbons (Fsp3) is 0.350. The summed E-state index contributed by atoms with van der Waals surface area (Å²) in [5.74, 6) is 0.0516. The van der Waals surface area contributed by atoms with Crippen molar-refractivity contribution in [1.82, 2.24) is 15.0 Å². The molecular weight excluding hydrogens is 314 g/mol. The van der Waals surface area contributed by atoms with Crippen LogP contribution in [-0.2, 0) is 10.3 Å². The van der Waals surface area contributed by atoms with Gasteiger partial charge in [0.05, 0.1) is 18.9 Å². The summed E-state index contributed by atoms with van der Waals surface area (Å²) in [5, 5.41) is 13.0. The molecule has 0 spiro atoms. The molecule has 5 heteroatoms. The lowest BCUT2D eigenvalue weighted by atomic mass is 9.86. The van der Waals surface area contributed by atoms with Crippen molar-refractivity contribution in [1.29, 1.82) is 0 Å². The van der Waals surface area contributed by atoms with Crippen LogP contribution < -0.4 is 0 Å². The molecule has 2 atom stereocenters. The van der Waals surface area contributed by atoms with Crippen LogP contribution in [0.4, 0.5) is 0 Å². The van der Waals surface area contributed by atoms with E-state index in [1.807, 2.05) is 45.3 Å². The molecule has 0 bridgehead atoms. The van der Waals surface area contributed by atoms with Crippen molar-refractivity contribution in [2.45, 2.75) is 26.4 Å². The molecule has 128 valence electrons. The van der Waals surface area contributed by atoms with Crippen LogP contribution in [0.5, 0.6) is 0 Å². The van der Waals surface area contributed by atoms with Gasteiger partial charge in [-0.3, -0.25) is 15.0 Å². The van der Waals surface area contributed by atoms with E-state index in [1.54, 1.807) is 6.20 Å². The number of nitrogens with zero attached hydrogens (tertiary/aromatic N) is 3. The molecule has 3 aromatic heterocycles. The molecule has 4 rings (SSSR count). The second kappa shape index (κ2) is 5.86. The molecule has 0 aliphatic carbocycles. The molecular formula is C20H21N3O2. The van der Waals surface area contributed by atoms with Crippen LogP contribution in [0.25, 0.3) is 22.0 Å². The van der Waals surface area contributed by atoms with E-state index in [1.165, 1.54) is 0 Å². The molecule has 0 unspecified atom stereocenters. The van der Waals surface area contributed by atoms with E-state index in [2.05, 4.69) is 21.0 Å². The molecule has 1 aliphatic heterocycles. The molecule has 1 saturated heterocycles. The lowest BCUT2D eigenvalue weighted by Crippen LogP contribution is -2.32. The Hall–Kier alpha value is -2.37. The Balaban J connectivity index is 1.80. The predicted octanol–water partition coefficient (Wildman–Crippen LogP) is 3.16. The first-order valence-electron chi connectivity index (χ1n) is 8.48. The zero-order chi connectivity index (χ0) is 17.6. The number of hydrogen-bond donors (Lipinski definition) is 1. The highest BCUT2D eigenvalue weighted by molar-refractivity contribution is 5.96. The van der Waals surface area contributed by atoms with E-state index >= 15 is 0 Å². The van der Waals surface area contributed by atoms with Crippen molar-refractivity contribution in [3.05, 3.63) is 53.7 Å². The summed E-state index contributed by atoms with van der Waals surface area (Å²) in [6.45, 7) is 6.84. The number of fused-ring (bicyclic) bond motifs is 1. The maximum Gasteiger partial charge on any atom is 0.119 e. The largest absolute Gasteiger partial charge is 0.382 e. The Bertz CT molecular complexity index is 940. The van der Waals surface area contributed by atoms with Gasteiger partial charge >= 0.3 is 0 Å². The predicted molar refractivity (Wildman–Crippen MR) is 96.1 cm³/mol. The monoisotopic (exact) mass is 335 g/mol. The first-order chi connectivity index (χ1) is 12.0. The van der Waals surface area contributed by atoms with Gasteiger partial charge in [0.1, 0.15) is 5.60 Å². The Morgan fingerprint density at radius 2 is 1.92 bits per heavy atom. The van der Waals surface area contributed by atoms with Gasteiger partial charge in [-0.1, -0.05) is 13.0 Å². The summed E-state index contributed by atoms with van der Waals surface area (Å²) in [6, 6.07) is 5.95. The molecule has 3 aromatic rings. The van der Waals surface area contributed by atoms with Crippen LogP contribution in [-0.4, -0.2) is 33.3 Å². The van der Waals surface area contributed by atoms with Crippen molar-refractivity contribution in [2.24, 2.45) is 5.92 Å². The molecule has 1 fully saturated rings. The van der Waals surface area contributed by atoms with Crippen molar-refractivity contribution >= 4 is 10.8 Å². The fourth-order valence-corrected chi connectivity index (χ4v) is 3.42. The van der Waals surface area contributed by atoms with Crippen LogP contribution in [0.15, 0.2) is 36.8 Å². The topological polar surface area (TPSA) is 68.1 Å². The van der Waals surface area contributed by atoms with Gasteiger partial charge in [0.15, 0.2) is 0 Å². The summed E-state index contributed by atoms with van der Waals surface area (Å²) in [4.78, 5) is 13.5. The van der Waals surface area contributed by atoms with Crippen LogP contribution >= 0.6 is 0 Å². The number of aryl methyl sites for hydroxylation is 2. The highest BCUT2D eigenvalue weighted by Crippen LogP contribution is 2.36. The van der Waals surface area contributed by atoms with Crippen LogP contribution in [0.2, 0.25) is 0 Å². The van der Waals surface area contributed by atoms with E-state index in [4.69, 9.17) is 4.74 Å². The van der Waals surface area contributed by atoms with Gasteiger partial charge in [-0.2, -0.15) is 0 Å². The highest BCUT2D eigenvalue weighted by atomic mass is 16.5. The summed E-state index contributed by atoms with van der Waals surface area (Å²) >= 11 is 0. The van der Waals surface area contributed by atoms with Crippen molar-refractivity contribution in [3.8, 4) is 11.3 Å². The minimum Gasteiger partial charge on any atom is -0.382 e. The number of hydrogen-bond acceptors (Lipinski definition) is 5. The highest BCUT2D eigenvalue weighted by Gasteiger charge is 2.41. The number of aromatic nitrogens is 3. The van der Waals surface area contributed by atoms with Crippen LogP contribution in [0.1, 0.15) is 23.9 Å². The smallest absolute Gasteiger partial charge is 0.119 e. The Labute approximate surface area is 146 Å². The van der Waals surface area contributed by atoms with Crippen molar-refractivity contribution in [3.63, 3.8) is 0 Å². The molecule has 25 heavy (non-hydrogen) atoms. The average Bonchev–Trinajstić information content (AvgIpc) is 2.95. The third-order valence-electron chi connectivity index (χ3n) is 5.15. The third kappa shape index (κ3) is 2.60. The number of rotatable bonds is 2. The molecule has 4 heterocycles. The number of ether oxygens (including phenoxy) is 1. The van der Waals surface area contributed by atoms with Crippen molar-refractivity contribution < 1.29 is 9.84 Å². The fourth-order valence-electron chi connectivity index (χ4n) is 3.42. The van der Waals surface area contributed by atoms with E-state index in [9.17, 15) is 5.11 Å². The Morgan fingerprint density at radius 3 is 2.60 bits per heavy atom. The standard InChI is InChI=1S/C20H21N3O2/c1-12-10-25-11-20(12,24)15-4-5-19(23-7-15)18-9-22-14(3)17-8-21-13(2)6-16(17)18/h4-9,12,24H,10-11H2,1-3H3/t12-,20-/m0/s1. The molecule has 1 aliphatic rings. The maximum absolute atomic E-state index is 10.9. The van der Waals surface area contributed by atoms with Crippen LogP contribution in [0, 0.1) is 19.8 Å². The molecule has 0 radical (unpaired) electrons. The summed E-state index contributed by atoms with van der Waals surface area (Å²) in [5.41, 5.74) is 3.56. The molecule has 0 saturated carbocycles. The first-order valence-corrected chi connectivity index (χ1v) is 8.48. The lowest BCUT2D eigenvalue weighted by molar-refractivity contribution is 0.000546. The first kappa shape index (κ1) is 16.1. The summed E-state index contributed by atoms with van der Waals surface area (Å²) in [6.07, 6.45) is 5.47. The molecule has 0 aromatic carbocycles. The zero-order valence-electron chi connectivity index (χ0n) is 14.7. The van der Waals surface area contributed by atoms with Crippen molar-refractivity contribution in [2.75, 3.05) is 13.2 Å². The van der Waals surface area contributed by atoms with Gasteiger partial charge < -0.3 is 9.84 Å². The maximum atomic E-state index is 10.9. The van der Waals surface area contributed by atoms with E-state index in [-0.39, 0.29) is 5.92 Å². The van der Waals surface area contributed by atoms with Gasteiger partial charge in [0.25, 0.3) is 0 Å². The zero-order valence-corrected chi connectivity index (χ0v) is 14.7. The Morgan fingerprint density at radius 1 is 1.08 bits per heavy atom. The number of pyridine rings is 3. The SMILES string of the molecule is Cc1cc2c(-c3ccc([C@]4(O)COC[C@@H]4C)cn3)cnc(C)c2cn1. The normalized spacial score (nSPS) is 23.3. The minimum absolute atomic E-state index is 0.0516. The second-order valence-electron chi connectivity index (χ2n) is 6.90. The van der Waals surface area contributed by atoms with E-state index in [0.717, 1.165) is 39.0 Å². The molecule has 0 amide bonds. The minimum atomic E-state index is -0.959.